The predicted molar refractivity (Wildman–Crippen MR) is 125 cm³/mol. The number of nitrogens with zero attached hydrogens (tertiary/aromatic N) is 1. The maximum Gasteiger partial charge on any atom is 0.335 e. The van der Waals surface area contributed by atoms with Gasteiger partial charge in [-0.25, -0.2) is 4.79 Å². The summed E-state index contributed by atoms with van der Waals surface area (Å²) in [6.07, 6.45) is 3.39. The number of hydrogen-bond acceptors (Lipinski definition) is 2. The lowest BCUT2D eigenvalue weighted by molar-refractivity contribution is -0.113. The number of carbonyl (C=O) groups is 2. The first-order valence-electron chi connectivity index (χ1n) is 9.16. The van der Waals surface area contributed by atoms with E-state index in [1.54, 1.807) is 30.4 Å². The lowest BCUT2D eigenvalue weighted by atomic mass is 10.1. The molecule has 0 aliphatic carbocycles. The highest BCUT2D eigenvalue weighted by atomic mass is 35.5. The van der Waals surface area contributed by atoms with E-state index < -0.39 is 5.97 Å². The highest BCUT2D eigenvalue weighted by Crippen LogP contribution is 2.39. The summed E-state index contributed by atoms with van der Waals surface area (Å²) < 4.78 is 0. The molecule has 0 saturated heterocycles. The molecule has 0 aromatic heterocycles. The van der Waals surface area contributed by atoms with Crippen molar-refractivity contribution in [3.63, 3.8) is 0 Å². The summed E-state index contributed by atoms with van der Waals surface area (Å²) in [6, 6.07) is 18.6. The number of amides is 1. The van der Waals surface area contributed by atoms with Gasteiger partial charge in [-0.05, 0) is 53.6 Å². The van der Waals surface area contributed by atoms with Crippen LogP contribution in [0.5, 0.6) is 0 Å². The van der Waals surface area contributed by atoms with Gasteiger partial charge in [0.15, 0.2) is 0 Å². The van der Waals surface area contributed by atoms with Gasteiger partial charge in [0.25, 0.3) is 5.91 Å². The van der Waals surface area contributed by atoms with Crippen molar-refractivity contribution in [1.82, 2.24) is 0 Å². The van der Waals surface area contributed by atoms with Gasteiger partial charge in [0.05, 0.1) is 22.0 Å². The Labute approximate surface area is 193 Å². The molecule has 0 fully saturated rings. The van der Waals surface area contributed by atoms with Crippen LogP contribution in [0.2, 0.25) is 15.1 Å². The van der Waals surface area contributed by atoms with Crippen LogP contribution in [0.15, 0.2) is 78.4 Å². The van der Waals surface area contributed by atoms with E-state index in [1.807, 2.05) is 30.3 Å². The number of halogens is 3. The molecule has 154 valence electrons. The lowest BCUT2D eigenvalue weighted by Crippen LogP contribution is -2.25. The van der Waals surface area contributed by atoms with E-state index in [1.165, 1.54) is 23.1 Å². The third kappa shape index (κ3) is 4.23. The Hall–Kier alpha value is -3.05. The van der Waals surface area contributed by atoms with Gasteiger partial charge in [-0.3, -0.25) is 9.69 Å². The molecule has 1 aliphatic rings. The Morgan fingerprint density at radius 2 is 1.65 bits per heavy atom. The van der Waals surface area contributed by atoms with Gasteiger partial charge in [0.2, 0.25) is 0 Å². The van der Waals surface area contributed by atoms with E-state index in [4.69, 9.17) is 34.8 Å². The minimum absolute atomic E-state index is 0.0257. The molecule has 0 spiro atoms. The van der Waals surface area contributed by atoms with Crippen molar-refractivity contribution in [2.75, 3.05) is 4.90 Å². The van der Waals surface area contributed by atoms with Crippen LogP contribution in [-0.4, -0.2) is 17.0 Å². The van der Waals surface area contributed by atoms with E-state index in [0.29, 0.717) is 26.9 Å². The summed E-state index contributed by atoms with van der Waals surface area (Å²) in [5.74, 6) is -1.46. The Balaban J connectivity index is 1.88. The average molecular weight is 471 g/mol. The van der Waals surface area contributed by atoms with Crippen LogP contribution in [0, 0.1) is 0 Å². The molecule has 1 aliphatic heterocycles. The quantitative estimate of drug-likeness (QED) is 0.426. The van der Waals surface area contributed by atoms with Crippen LogP contribution in [0.4, 0.5) is 5.69 Å². The zero-order chi connectivity index (χ0) is 22.1. The number of carbonyl (C=O) groups excluding carboxylic acids is 1. The number of aromatic carboxylic acids is 1. The van der Waals surface area contributed by atoms with E-state index in [-0.39, 0.29) is 22.2 Å². The highest BCUT2D eigenvalue weighted by Gasteiger charge is 2.32. The summed E-state index contributed by atoms with van der Waals surface area (Å²) in [7, 11) is 0. The minimum Gasteiger partial charge on any atom is -0.478 e. The Bertz CT molecular complexity index is 1270. The second kappa shape index (κ2) is 8.60. The number of hydrogen-bond donors (Lipinski definition) is 1. The first-order valence-corrected chi connectivity index (χ1v) is 10.3. The first kappa shape index (κ1) is 21.2. The molecule has 4 nitrogen and oxygen atoms in total. The normalized spacial score (nSPS) is 14.8. The molecule has 0 unspecified atom stereocenters. The van der Waals surface area contributed by atoms with Crippen molar-refractivity contribution in [3.05, 3.63) is 110 Å². The minimum atomic E-state index is -1.11. The molecular formula is C24H14Cl3NO3. The SMILES string of the molecule is O=C(O)c1ccc(Cl)c(N2C(=O)/C(=C/c3ccc(Cl)cc3Cl)C=C2c2ccccc2)c1. The Morgan fingerprint density at radius 1 is 0.903 bits per heavy atom. The second-order valence-electron chi connectivity index (χ2n) is 6.77. The van der Waals surface area contributed by atoms with Crippen LogP contribution in [-0.2, 0) is 4.79 Å². The molecule has 0 saturated carbocycles. The van der Waals surface area contributed by atoms with Gasteiger partial charge in [0, 0.05) is 15.6 Å². The third-order valence-corrected chi connectivity index (χ3v) is 5.64. The maximum absolute atomic E-state index is 13.4. The molecule has 1 N–H and O–H groups in total. The van der Waals surface area contributed by atoms with E-state index in [0.717, 1.165) is 5.56 Å². The van der Waals surface area contributed by atoms with Crippen LogP contribution >= 0.6 is 34.8 Å². The molecule has 0 radical (unpaired) electrons. The summed E-state index contributed by atoms with van der Waals surface area (Å²) in [5.41, 5.74) is 2.67. The molecule has 4 rings (SSSR count). The molecule has 0 bridgehead atoms. The fraction of sp³-hybridized carbons (Fsp3) is 0. The first-order chi connectivity index (χ1) is 14.8. The van der Waals surface area contributed by atoms with Crippen molar-refractivity contribution >= 4 is 64.1 Å². The van der Waals surface area contributed by atoms with Crippen LogP contribution in [0.1, 0.15) is 21.5 Å². The number of benzene rings is 3. The van der Waals surface area contributed by atoms with Gasteiger partial charge in [-0.2, -0.15) is 0 Å². The number of anilines is 1. The van der Waals surface area contributed by atoms with Crippen molar-refractivity contribution in [3.8, 4) is 0 Å². The molecule has 3 aromatic rings. The summed E-state index contributed by atoms with van der Waals surface area (Å²) in [6.45, 7) is 0. The van der Waals surface area contributed by atoms with Crippen molar-refractivity contribution in [1.29, 1.82) is 0 Å². The van der Waals surface area contributed by atoms with E-state index >= 15 is 0 Å². The largest absolute Gasteiger partial charge is 0.478 e. The second-order valence-corrected chi connectivity index (χ2v) is 8.02. The average Bonchev–Trinajstić information content (AvgIpc) is 3.07. The van der Waals surface area contributed by atoms with E-state index in [9.17, 15) is 14.7 Å². The molecule has 1 amide bonds. The van der Waals surface area contributed by atoms with Gasteiger partial charge in [-0.15, -0.1) is 0 Å². The van der Waals surface area contributed by atoms with Crippen LogP contribution in [0.25, 0.3) is 11.8 Å². The molecule has 1 heterocycles. The van der Waals surface area contributed by atoms with Gasteiger partial charge in [-0.1, -0.05) is 71.2 Å². The van der Waals surface area contributed by atoms with Gasteiger partial charge >= 0.3 is 5.97 Å². The number of rotatable bonds is 4. The van der Waals surface area contributed by atoms with Crippen molar-refractivity contribution in [2.45, 2.75) is 0 Å². The Kier molecular flexibility index (Phi) is 5.88. The molecular weight excluding hydrogens is 457 g/mol. The van der Waals surface area contributed by atoms with E-state index in [2.05, 4.69) is 0 Å². The van der Waals surface area contributed by atoms with Crippen molar-refractivity contribution in [2.24, 2.45) is 0 Å². The monoisotopic (exact) mass is 469 g/mol. The Morgan fingerprint density at radius 3 is 2.32 bits per heavy atom. The zero-order valence-electron chi connectivity index (χ0n) is 15.9. The van der Waals surface area contributed by atoms with Crippen molar-refractivity contribution < 1.29 is 14.7 Å². The smallest absolute Gasteiger partial charge is 0.335 e. The lowest BCUT2D eigenvalue weighted by Gasteiger charge is -2.22. The zero-order valence-corrected chi connectivity index (χ0v) is 18.1. The van der Waals surface area contributed by atoms with Crippen LogP contribution < -0.4 is 4.90 Å². The maximum atomic E-state index is 13.4. The summed E-state index contributed by atoms with van der Waals surface area (Å²) in [5, 5.41) is 10.5. The molecule has 3 aromatic carbocycles. The standard InChI is InChI=1S/C24H14Cl3NO3/c25-18-8-6-15(20(27)13-18)10-17-12-21(14-4-2-1-3-5-14)28(23(17)29)22-11-16(24(30)31)7-9-19(22)26/h1-13H,(H,30,31)/b17-10+. The molecule has 7 heteroatoms. The fourth-order valence-corrected chi connectivity index (χ4v) is 3.94. The van der Waals surface area contributed by atoms with Gasteiger partial charge < -0.3 is 5.11 Å². The molecule has 31 heavy (non-hydrogen) atoms. The van der Waals surface area contributed by atoms with Gasteiger partial charge in [0.1, 0.15) is 0 Å². The third-order valence-electron chi connectivity index (χ3n) is 4.76. The summed E-state index contributed by atoms with van der Waals surface area (Å²) in [4.78, 5) is 26.3. The van der Waals surface area contributed by atoms with Crippen LogP contribution in [0.3, 0.4) is 0 Å². The highest BCUT2D eigenvalue weighted by molar-refractivity contribution is 6.37. The topological polar surface area (TPSA) is 57.6 Å². The number of carboxylic acids is 1. The molecule has 0 atom stereocenters. The predicted octanol–water partition coefficient (Wildman–Crippen LogP) is 6.82. The summed E-state index contributed by atoms with van der Waals surface area (Å²) >= 11 is 18.6. The fourth-order valence-electron chi connectivity index (χ4n) is 3.28. The number of carboxylic acid groups (broad SMARTS) is 1.